The Kier molecular flexibility index (Phi) is 6.10. The summed E-state index contributed by atoms with van der Waals surface area (Å²) < 4.78 is 31.1. The zero-order chi connectivity index (χ0) is 22.0. The summed E-state index contributed by atoms with van der Waals surface area (Å²) in [5.74, 6) is -0.167. The molecular formula is C23H25N3O4S. The number of fused-ring (bicyclic) bond motifs is 1. The van der Waals surface area contributed by atoms with Crippen LogP contribution in [0.15, 0.2) is 47.4 Å². The van der Waals surface area contributed by atoms with Crippen LogP contribution in [0.25, 0.3) is 11.1 Å². The Labute approximate surface area is 182 Å². The van der Waals surface area contributed by atoms with Gasteiger partial charge in [-0.2, -0.15) is 9.57 Å². The van der Waals surface area contributed by atoms with E-state index in [9.17, 15) is 18.5 Å². The van der Waals surface area contributed by atoms with Crippen LogP contribution < -0.4 is 5.32 Å². The zero-order valence-corrected chi connectivity index (χ0v) is 18.2. The van der Waals surface area contributed by atoms with Gasteiger partial charge in [0.15, 0.2) is 0 Å². The molecule has 1 unspecified atom stereocenters. The molecule has 0 spiro atoms. The molecular weight excluding hydrogens is 414 g/mol. The lowest BCUT2D eigenvalue weighted by molar-refractivity contribution is -0.128. The molecule has 2 aliphatic heterocycles. The molecule has 2 aromatic rings. The Bertz CT molecular complexity index is 1120. The average Bonchev–Trinajstić information content (AvgIpc) is 3.02. The first-order chi connectivity index (χ1) is 14.9. The van der Waals surface area contributed by atoms with Crippen molar-refractivity contribution >= 4 is 15.9 Å². The average molecular weight is 440 g/mol. The molecule has 0 bridgehead atoms. The third-order valence-corrected chi connectivity index (χ3v) is 7.84. The van der Waals surface area contributed by atoms with Gasteiger partial charge in [0, 0.05) is 39.1 Å². The van der Waals surface area contributed by atoms with Crippen LogP contribution in [-0.4, -0.2) is 44.9 Å². The number of benzene rings is 2. The Morgan fingerprint density at radius 3 is 2.55 bits per heavy atom. The smallest absolute Gasteiger partial charge is 0.243 e. The van der Waals surface area contributed by atoms with Gasteiger partial charge in [-0.1, -0.05) is 30.3 Å². The van der Waals surface area contributed by atoms with Gasteiger partial charge >= 0.3 is 0 Å². The van der Waals surface area contributed by atoms with Gasteiger partial charge in [-0.15, -0.1) is 0 Å². The van der Waals surface area contributed by atoms with E-state index >= 15 is 0 Å². The molecule has 0 aromatic heterocycles. The summed E-state index contributed by atoms with van der Waals surface area (Å²) in [4.78, 5) is 12.8. The largest absolute Gasteiger partial charge is 0.381 e. The molecule has 1 N–H and O–H groups in total. The van der Waals surface area contributed by atoms with Crippen molar-refractivity contribution in [2.75, 3.05) is 20.3 Å². The summed E-state index contributed by atoms with van der Waals surface area (Å²) in [5, 5.41) is 12.3. The molecule has 1 atom stereocenters. The minimum absolute atomic E-state index is 0.0791. The van der Waals surface area contributed by atoms with Crippen molar-refractivity contribution in [3.05, 3.63) is 53.6 Å². The van der Waals surface area contributed by atoms with Crippen LogP contribution in [0.3, 0.4) is 0 Å². The van der Waals surface area contributed by atoms with Crippen LogP contribution in [-0.2, 0) is 32.5 Å². The zero-order valence-electron chi connectivity index (χ0n) is 17.4. The first-order valence-corrected chi connectivity index (χ1v) is 11.8. The number of nitrogens with zero attached hydrogens (tertiary/aromatic N) is 2. The lowest BCUT2D eigenvalue weighted by Crippen LogP contribution is -2.41. The number of hydrogen-bond donors (Lipinski definition) is 1. The van der Waals surface area contributed by atoms with E-state index in [2.05, 4.69) is 11.4 Å². The van der Waals surface area contributed by atoms with E-state index in [1.54, 1.807) is 13.1 Å². The maximum atomic E-state index is 12.4. The number of carbonyl (C=O) groups is 1. The first-order valence-electron chi connectivity index (χ1n) is 10.3. The SMILES string of the molecule is CN1Cc2cc(-c3ccc(CC(C#N)NC(=O)C4CCOCC4)cc3)ccc2S1(=O)=O. The molecule has 4 rings (SSSR count). The number of amides is 1. The topological polar surface area (TPSA) is 99.5 Å². The van der Waals surface area contributed by atoms with Gasteiger partial charge in [0.25, 0.3) is 0 Å². The van der Waals surface area contributed by atoms with Crippen LogP contribution in [0.4, 0.5) is 0 Å². The molecule has 31 heavy (non-hydrogen) atoms. The molecule has 2 heterocycles. The lowest BCUT2D eigenvalue weighted by atomic mass is 9.97. The fourth-order valence-electron chi connectivity index (χ4n) is 4.07. The molecule has 2 aliphatic rings. The third kappa shape index (κ3) is 4.49. The van der Waals surface area contributed by atoms with E-state index in [0.717, 1.165) is 22.3 Å². The Balaban J connectivity index is 1.43. The second-order valence-electron chi connectivity index (χ2n) is 8.06. The molecule has 8 heteroatoms. The van der Waals surface area contributed by atoms with Crippen molar-refractivity contribution in [1.82, 2.24) is 9.62 Å². The van der Waals surface area contributed by atoms with Crippen LogP contribution >= 0.6 is 0 Å². The minimum Gasteiger partial charge on any atom is -0.381 e. The fourth-order valence-corrected chi connectivity index (χ4v) is 5.41. The van der Waals surface area contributed by atoms with Crippen molar-refractivity contribution in [1.29, 1.82) is 5.26 Å². The Morgan fingerprint density at radius 1 is 1.19 bits per heavy atom. The van der Waals surface area contributed by atoms with Crippen LogP contribution in [0.1, 0.15) is 24.0 Å². The number of nitrogens with one attached hydrogen (secondary N) is 1. The summed E-state index contributed by atoms with van der Waals surface area (Å²) in [6, 6.07) is 14.8. The highest BCUT2D eigenvalue weighted by Crippen LogP contribution is 2.32. The molecule has 1 amide bonds. The van der Waals surface area contributed by atoms with Crippen LogP contribution in [0, 0.1) is 17.2 Å². The number of carbonyl (C=O) groups excluding carboxylic acids is 1. The number of sulfonamides is 1. The number of rotatable bonds is 5. The van der Waals surface area contributed by atoms with E-state index in [1.165, 1.54) is 4.31 Å². The number of ether oxygens (including phenoxy) is 1. The molecule has 2 aromatic carbocycles. The predicted octanol–water partition coefficient (Wildman–Crippen LogP) is 2.47. The van der Waals surface area contributed by atoms with Gasteiger partial charge in [-0.05, 0) is 47.2 Å². The van der Waals surface area contributed by atoms with Gasteiger partial charge in [0.05, 0.1) is 11.0 Å². The first kappa shape index (κ1) is 21.5. The summed E-state index contributed by atoms with van der Waals surface area (Å²) in [6.45, 7) is 1.55. The quantitative estimate of drug-likeness (QED) is 0.772. The predicted molar refractivity (Wildman–Crippen MR) is 115 cm³/mol. The van der Waals surface area contributed by atoms with E-state index in [4.69, 9.17) is 4.74 Å². The third-order valence-electron chi connectivity index (χ3n) is 5.93. The summed E-state index contributed by atoms with van der Waals surface area (Å²) >= 11 is 0. The molecule has 0 aliphatic carbocycles. The van der Waals surface area contributed by atoms with Crippen LogP contribution in [0.5, 0.6) is 0 Å². The Hall–Kier alpha value is -2.73. The highest BCUT2D eigenvalue weighted by Gasteiger charge is 2.31. The summed E-state index contributed by atoms with van der Waals surface area (Å²) in [7, 11) is -1.78. The number of hydrogen-bond acceptors (Lipinski definition) is 5. The van der Waals surface area contributed by atoms with E-state index in [-0.39, 0.29) is 11.8 Å². The second-order valence-corrected chi connectivity index (χ2v) is 10.1. The summed E-state index contributed by atoms with van der Waals surface area (Å²) in [6.07, 6.45) is 1.81. The highest BCUT2D eigenvalue weighted by molar-refractivity contribution is 7.89. The highest BCUT2D eigenvalue weighted by atomic mass is 32.2. The second kappa shape index (κ2) is 8.79. The van der Waals surface area contributed by atoms with Gasteiger partial charge in [0.2, 0.25) is 15.9 Å². The van der Waals surface area contributed by atoms with Gasteiger partial charge < -0.3 is 10.1 Å². The maximum absolute atomic E-state index is 12.4. The standard InChI is InChI=1S/C23H25N3O4S/c1-26-15-20-13-19(6-7-22(20)31(26,28)29)17-4-2-16(3-5-17)12-21(14-24)25-23(27)18-8-10-30-11-9-18/h2-7,13,18,21H,8-12,15H2,1H3,(H,25,27). The Morgan fingerprint density at radius 2 is 1.87 bits per heavy atom. The van der Waals surface area contributed by atoms with Crippen molar-refractivity contribution in [2.24, 2.45) is 5.92 Å². The summed E-state index contributed by atoms with van der Waals surface area (Å²) in [5.41, 5.74) is 3.66. The number of nitriles is 1. The molecule has 1 saturated heterocycles. The lowest BCUT2D eigenvalue weighted by Gasteiger charge is -2.22. The van der Waals surface area contributed by atoms with Crippen molar-refractivity contribution in [3.8, 4) is 17.2 Å². The normalized spacial score (nSPS) is 19.4. The van der Waals surface area contributed by atoms with Gasteiger partial charge in [-0.25, -0.2) is 8.42 Å². The molecule has 7 nitrogen and oxygen atoms in total. The van der Waals surface area contributed by atoms with E-state index < -0.39 is 16.1 Å². The molecule has 0 saturated carbocycles. The van der Waals surface area contributed by atoms with Gasteiger partial charge in [-0.3, -0.25) is 4.79 Å². The monoisotopic (exact) mass is 439 g/mol. The minimum atomic E-state index is -3.36. The van der Waals surface area contributed by atoms with E-state index in [1.807, 2.05) is 36.4 Å². The maximum Gasteiger partial charge on any atom is 0.243 e. The molecule has 0 radical (unpaired) electrons. The van der Waals surface area contributed by atoms with Gasteiger partial charge in [0.1, 0.15) is 6.04 Å². The van der Waals surface area contributed by atoms with Crippen molar-refractivity contribution in [2.45, 2.75) is 36.7 Å². The molecule has 162 valence electrons. The van der Waals surface area contributed by atoms with Crippen molar-refractivity contribution < 1.29 is 17.9 Å². The van der Waals surface area contributed by atoms with Crippen LogP contribution in [0.2, 0.25) is 0 Å². The fraction of sp³-hybridized carbons (Fsp3) is 0.391. The molecule has 1 fully saturated rings. The van der Waals surface area contributed by atoms with Crippen molar-refractivity contribution in [3.63, 3.8) is 0 Å². The van der Waals surface area contributed by atoms with E-state index in [0.29, 0.717) is 43.9 Å².